The normalized spacial score (nSPS) is 31.7. The minimum Gasteiger partial charge on any atom is -0.441 e. The van der Waals surface area contributed by atoms with Crippen LogP contribution in [0.15, 0.2) is 0 Å². The first-order valence-corrected chi connectivity index (χ1v) is 10.1. The maximum absolute atomic E-state index is 12.3. The topological polar surface area (TPSA) is 85.9 Å². The Hall–Kier alpha value is -1.34. The molecule has 1 saturated carbocycles. The van der Waals surface area contributed by atoms with E-state index in [1.807, 2.05) is 13.8 Å². The van der Waals surface area contributed by atoms with Crippen molar-refractivity contribution < 1.29 is 23.8 Å². The molecule has 0 radical (unpaired) electrons. The largest absolute Gasteiger partial charge is 0.441 e. The Labute approximate surface area is 155 Å². The number of amides is 2. The molecule has 2 amide bonds. The lowest BCUT2D eigenvalue weighted by molar-refractivity contribution is -0.126. The van der Waals surface area contributed by atoms with Crippen molar-refractivity contribution in [3.05, 3.63) is 0 Å². The van der Waals surface area contributed by atoms with E-state index >= 15 is 0 Å². The van der Waals surface area contributed by atoms with Crippen LogP contribution in [-0.2, 0) is 19.0 Å². The van der Waals surface area contributed by atoms with E-state index in [9.17, 15) is 9.59 Å². The van der Waals surface area contributed by atoms with E-state index in [2.05, 4.69) is 10.6 Å². The van der Waals surface area contributed by atoms with Gasteiger partial charge in [-0.1, -0.05) is 33.1 Å². The number of carbonyl (C=O) groups is 2. The summed E-state index contributed by atoms with van der Waals surface area (Å²) >= 11 is 0. The Kier molecular flexibility index (Phi) is 6.75. The highest BCUT2D eigenvalue weighted by atomic mass is 16.6. The summed E-state index contributed by atoms with van der Waals surface area (Å²) in [5.41, 5.74) is 0. The summed E-state index contributed by atoms with van der Waals surface area (Å²) in [4.78, 5) is 24.5. The summed E-state index contributed by atoms with van der Waals surface area (Å²) in [7, 11) is 0. The molecule has 2 aliphatic heterocycles. The Balaban J connectivity index is 1.47. The molecule has 0 aromatic carbocycles. The first-order valence-electron chi connectivity index (χ1n) is 10.1. The third kappa shape index (κ3) is 4.49. The van der Waals surface area contributed by atoms with Gasteiger partial charge in [0.15, 0.2) is 6.10 Å². The summed E-state index contributed by atoms with van der Waals surface area (Å²) in [6.45, 7) is 4.74. The van der Waals surface area contributed by atoms with Gasteiger partial charge in [-0.05, 0) is 25.7 Å². The lowest BCUT2D eigenvalue weighted by Crippen LogP contribution is -2.46. The van der Waals surface area contributed by atoms with Gasteiger partial charge >= 0.3 is 6.09 Å². The molecule has 7 heteroatoms. The molecule has 26 heavy (non-hydrogen) atoms. The first-order chi connectivity index (χ1) is 12.6. The molecule has 1 aliphatic carbocycles. The number of carbonyl (C=O) groups excluding carboxylic acids is 2. The number of fused-ring (bicyclic) bond motifs is 1. The monoisotopic (exact) mass is 368 g/mol. The predicted octanol–water partition coefficient (Wildman–Crippen LogP) is 2.13. The average Bonchev–Trinajstić information content (AvgIpc) is 3.21. The second-order valence-electron chi connectivity index (χ2n) is 7.65. The van der Waals surface area contributed by atoms with Gasteiger partial charge in [0.05, 0.1) is 19.3 Å². The molecule has 3 aliphatic rings. The van der Waals surface area contributed by atoms with E-state index in [1.165, 1.54) is 6.42 Å². The molecule has 2 N–H and O–H groups in total. The Morgan fingerprint density at radius 1 is 1.00 bits per heavy atom. The van der Waals surface area contributed by atoms with Gasteiger partial charge in [-0.3, -0.25) is 4.79 Å². The van der Waals surface area contributed by atoms with Crippen molar-refractivity contribution in [1.29, 1.82) is 0 Å². The van der Waals surface area contributed by atoms with Crippen molar-refractivity contribution in [2.45, 2.75) is 89.2 Å². The van der Waals surface area contributed by atoms with Crippen molar-refractivity contribution in [3.63, 3.8) is 0 Å². The number of nitrogens with one attached hydrogen (secondary N) is 2. The van der Waals surface area contributed by atoms with Crippen LogP contribution in [0.4, 0.5) is 4.79 Å². The van der Waals surface area contributed by atoms with Gasteiger partial charge in [-0.2, -0.15) is 0 Å². The van der Waals surface area contributed by atoms with Gasteiger partial charge in [-0.15, -0.1) is 0 Å². The van der Waals surface area contributed by atoms with Gasteiger partial charge in [-0.25, -0.2) is 4.79 Å². The van der Waals surface area contributed by atoms with Crippen molar-refractivity contribution in [3.8, 4) is 0 Å². The van der Waals surface area contributed by atoms with Crippen molar-refractivity contribution in [1.82, 2.24) is 10.6 Å². The lowest BCUT2D eigenvalue weighted by atomic mass is 9.96. The number of hydrogen-bond acceptors (Lipinski definition) is 5. The third-order valence-corrected chi connectivity index (χ3v) is 5.88. The van der Waals surface area contributed by atoms with E-state index in [1.54, 1.807) is 0 Å². The van der Waals surface area contributed by atoms with Gasteiger partial charge in [0.2, 0.25) is 5.91 Å². The third-order valence-electron chi connectivity index (χ3n) is 5.88. The van der Waals surface area contributed by atoms with Crippen molar-refractivity contribution >= 4 is 12.0 Å². The van der Waals surface area contributed by atoms with Crippen molar-refractivity contribution in [2.75, 3.05) is 13.2 Å². The molecule has 4 atom stereocenters. The van der Waals surface area contributed by atoms with Crippen LogP contribution in [0.1, 0.15) is 58.8 Å². The maximum atomic E-state index is 12.3. The summed E-state index contributed by atoms with van der Waals surface area (Å²) in [6.07, 6.45) is 5.86. The molecule has 0 spiro atoms. The van der Waals surface area contributed by atoms with Gasteiger partial charge in [0, 0.05) is 12.0 Å². The quantitative estimate of drug-likeness (QED) is 0.750. The van der Waals surface area contributed by atoms with Crippen LogP contribution >= 0.6 is 0 Å². The maximum Gasteiger partial charge on any atom is 0.407 e. The Morgan fingerprint density at radius 3 is 2.38 bits per heavy atom. The zero-order valence-corrected chi connectivity index (χ0v) is 15.9. The molecule has 2 saturated heterocycles. The molecule has 3 rings (SSSR count). The van der Waals surface area contributed by atoms with Crippen LogP contribution in [0.5, 0.6) is 0 Å². The summed E-state index contributed by atoms with van der Waals surface area (Å²) < 4.78 is 17.2. The molecule has 7 nitrogen and oxygen atoms in total. The number of alkyl carbamates (subject to hydrolysis) is 1. The molecule has 2 heterocycles. The molecule has 0 aromatic rings. The van der Waals surface area contributed by atoms with E-state index < -0.39 is 6.10 Å². The molecule has 148 valence electrons. The molecule has 3 fully saturated rings. The smallest absolute Gasteiger partial charge is 0.407 e. The van der Waals surface area contributed by atoms with Crippen LogP contribution in [-0.4, -0.2) is 55.6 Å². The van der Waals surface area contributed by atoms with E-state index in [4.69, 9.17) is 14.2 Å². The van der Waals surface area contributed by atoms with E-state index in [-0.39, 0.29) is 42.2 Å². The molecule has 4 unspecified atom stereocenters. The Morgan fingerprint density at radius 2 is 1.69 bits per heavy atom. The highest BCUT2D eigenvalue weighted by Crippen LogP contribution is 2.29. The molecule has 0 bridgehead atoms. The standard InChI is InChI=1S/C19H32N2O5/c1-3-12(4-2)18(22)21-14-10-24-17-15(11-25-16(14)17)26-19(23)20-13-8-6-5-7-9-13/h12-17H,3-11H2,1-2H3,(H,20,23)(H,21,22). The highest BCUT2D eigenvalue weighted by molar-refractivity contribution is 5.79. The summed E-state index contributed by atoms with van der Waals surface area (Å²) in [5.74, 6) is 0.0658. The van der Waals surface area contributed by atoms with Gasteiger partial charge < -0.3 is 24.8 Å². The fraction of sp³-hybridized carbons (Fsp3) is 0.895. The van der Waals surface area contributed by atoms with Gasteiger partial charge in [0.1, 0.15) is 12.2 Å². The van der Waals surface area contributed by atoms with E-state index in [0.717, 1.165) is 38.5 Å². The average molecular weight is 368 g/mol. The fourth-order valence-electron chi connectivity index (χ4n) is 4.23. The number of rotatable bonds is 6. The number of ether oxygens (including phenoxy) is 3. The van der Waals surface area contributed by atoms with Crippen LogP contribution in [0.3, 0.4) is 0 Å². The summed E-state index contributed by atoms with van der Waals surface area (Å²) in [5, 5.41) is 6.00. The van der Waals surface area contributed by atoms with Crippen LogP contribution < -0.4 is 10.6 Å². The van der Waals surface area contributed by atoms with Crippen molar-refractivity contribution in [2.24, 2.45) is 5.92 Å². The zero-order valence-electron chi connectivity index (χ0n) is 15.9. The Bertz CT molecular complexity index is 490. The fourth-order valence-corrected chi connectivity index (χ4v) is 4.23. The zero-order chi connectivity index (χ0) is 18.5. The first kappa shape index (κ1) is 19.4. The highest BCUT2D eigenvalue weighted by Gasteiger charge is 2.50. The number of hydrogen-bond donors (Lipinski definition) is 2. The molecular weight excluding hydrogens is 336 g/mol. The SMILES string of the molecule is CCC(CC)C(=O)NC1COC2C(OC(=O)NC3CCCCC3)COC12. The lowest BCUT2D eigenvalue weighted by Gasteiger charge is -2.24. The van der Waals surface area contributed by atoms with Crippen LogP contribution in [0.2, 0.25) is 0 Å². The minimum atomic E-state index is -0.418. The molecular formula is C19H32N2O5. The van der Waals surface area contributed by atoms with Crippen LogP contribution in [0, 0.1) is 5.92 Å². The second-order valence-corrected chi connectivity index (χ2v) is 7.65. The van der Waals surface area contributed by atoms with Gasteiger partial charge in [0.25, 0.3) is 0 Å². The molecule has 0 aromatic heterocycles. The summed E-state index contributed by atoms with van der Waals surface area (Å²) in [6, 6.07) is 0.0361. The predicted molar refractivity (Wildman–Crippen MR) is 95.8 cm³/mol. The van der Waals surface area contributed by atoms with E-state index in [0.29, 0.717) is 13.2 Å². The van der Waals surface area contributed by atoms with Crippen LogP contribution in [0.25, 0.3) is 0 Å². The second kappa shape index (κ2) is 9.04. The minimum absolute atomic E-state index is 0.0174.